The number of hydrogen-bond acceptors (Lipinski definition) is 5. The quantitative estimate of drug-likeness (QED) is 0.816. The highest BCUT2D eigenvalue weighted by Crippen LogP contribution is 2.28. The number of amides is 1. The predicted molar refractivity (Wildman–Crippen MR) is 108 cm³/mol. The van der Waals surface area contributed by atoms with Gasteiger partial charge < -0.3 is 14.9 Å². The summed E-state index contributed by atoms with van der Waals surface area (Å²) in [4.78, 5) is 23.9. The second kappa shape index (κ2) is 8.77. The van der Waals surface area contributed by atoms with Crippen LogP contribution in [0.1, 0.15) is 29.8 Å². The molecule has 7 nitrogen and oxygen atoms in total. The van der Waals surface area contributed by atoms with Gasteiger partial charge in [-0.05, 0) is 44.4 Å². The Morgan fingerprint density at radius 3 is 2.76 bits per heavy atom. The molecule has 8 heteroatoms. The highest BCUT2D eigenvalue weighted by Gasteiger charge is 2.37. The number of likely N-dealkylation sites (tertiary alicyclic amines) is 1. The number of pyridine rings is 1. The first kappa shape index (κ1) is 20.3. The van der Waals surface area contributed by atoms with E-state index in [1.165, 1.54) is 4.40 Å². The summed E-state index contributed by atoms with van der Waals surface area (Å²) in [5, 5.41) is 9.34. The van der Waals surface area contributed by atoms with Gasteiger partial charge in [0.1, 0.15) is 5.65 Å². The molecule has 2 aromatic heterocycles. The highest BCUT2D eigenvalue weighted by atomic mass is 19.1. The van der Waals surface area contributed by atoms with Gasteiger partial charge in [0.15, 0.2) is 5.69 Å². The van der Waals surface area contributed by atoms with Crippen molar-refractivity contribution >= 4 is 11.6 Å². The third-order valence-electron chi connectivity index (χ3n) is 6.40. The van der Waals surface area contributed by atoms with Crippen LogP contribution in [0.4, 0.5) is 4.39 Å². The number of aliphatic hydroxyl groups is 1. The van der Waals surface area contributed by atoms with Crippen molar-refractivity contribution in [1.82, 2.24) is 24.1 Å². The SMILES string of the molecule is CN1CCN(C2CCN(C(=O)c3nc4ccccn4c3F)CC2CCCO)CC1. The van der Waals surface area contributed by atoms with Crippen LogP contribution >= 0.6 is 0 Å². The zero-order valence-corrected chi connectivity index (χ0v) is 17.0. The van der Waals surface area contributed by atoms with Crippen LogP contribution in [0, 0.1) is 11.9 Å². The number of aliphatic hydroxyl groups excluding tert-OH is 1. The Kier molecular flexibility index (Phi) is 6.12. The van der Waals surface area contributed by atoms with Gasteiger partial charge in [-0.1, -0.05) is 6.07 Å². The minimum absolute atomic E-state index is 0.102. The second-order valence-corrected chi connectivity index (χ2v) is 8.25. The summed E-state index contributed by atoms with van der Waals surface area (Å²) in [6, 6.07) is 5.61. The summed E-state index contributed by atoms with van der Waals surface area (Å²) in [6.45, 7) is 5.52. The van der Waals surface area contributed by atoms with Gasteiger partial charge in [0, 0.05) is 58.1 Å². The van der Waals surface area contributed by atoms with Crippen LogP contribution in [0.2, 0.25) is 0 Å². The number of nitrogens with zero attached hydrogens (tertiary/aromatic N) is 5. The fourth-order valence-electron chi connectivity index (χ4n) is 4.73. The van der Waals surface area contributed by atoms with Crippen LogP contribution in [0.15, 0.2) is 24.4 Å². The minimum atomic E-state index is -0.598. The summed E-state index contributed by atoms with van der Waals surface area (Å²) >= 11 is 0. The molecule has 2 fully saturated rings. The van der Waals surface area contributed by atoms with Gasteiger partial charge in [0.25, 0.3) is 5.91 Å². The number of fused-ring (bicyclic) bond motifs is 1. The summed E-state index contributed by atoms with van der Waals surface area (Å²) in [5.41, 5.74) is 0.340. The summed E-state index contributed by atoms with van der Waals surface area (Å²) in [5.74, 6) is -0.654. The first-order chi connectivity index (χ1) is 14.1. The molecule has 2 aromatic rings. The van der Waals surface area contributed by atoms with Crippen LogP contribution in [0.3, 0.4) is 0 Å². The van der Waals surface area contributed by atoms with E-state index < -0.39 is 5.95 Å². The molecular formula is C21H30FN5O2. The maximum absolute atomic E-state index is 14.7. The molecular weight excluding hydrogens is 373 g/mol. The monoisotopic (exact) mass is 403 g/mol. The summed E-state index contributed by atoms with van der Waals surface area (Å²) in [6.07, 6.45) is 4.04. The van der Waals surface area contributed by atoms with Gasteiger partial charge >= 0.3 is 0 Å². The highest BCUT2D eigenvalue weighted by molar-refractivity contribution is 5.93. The number of piperidine rings is 1. The molecule has 1 N–H and O–H groups in total. The fourth-order valence-corrected chi connectivity index (χ4v) is 4.73. The molecule has 0 aromatic carbocycles. The Morgan fingerprint density at radius 1 is 1.24 bits per heavy atom. The molecule has 2 unspecified atom stereocenters. The largest absolute Gasteiger partial charge is 0.396 e. The fraction of sp³-hybridized carbons (Fsp3) is 0.619. The van der Waals surface area contributed by atoms with E-state index in [4.69, 9.17) is 0 Å². The average Bonchev–Trinajstić information content (AvgIpc) is 3.09. The smallest absolute Gasteiger partial charge is 0.277 e. The van der Waals surface area contributed by atoms with E-state index in [0.29, 0.717) is 24.8 Å². The molecule has 0 saturated carbocycles. The predicted octanol–water partition coefficient (Wildman–Crippen LogP) is 1.32. The normalized spacial score (nSPS) is 24.3. The molecule has 29 heavy (non-hydrogen) atoms. The lowest BCUT2D eigenvalue weighted by Crippen LogP contribution is -2.57. The van der Waals surface area contributed by atoms with Crippen molar-refractivity contribution in [2.24, 2.45) is 5.92 Å². The molecule has 0 aliphatic carbocycles. The van der Waals surface area contributed by atoms with Crippen molar-refractivity contribution in [3.8, 4) is 0 Å². The van der Waals surface area contributed by atoms with Gasteiger partial charge in [0.05, 0.1) is 0 Å². The average molecular weight is 404 g/mol. The number of halogens is 1. The molecule has 4 heterocycles. The van der Waals surface area contributed by atoms with Crippen LogP contribution in [-0.4, -0.2) is 94.1 Å². The van der Waals surface area contributed by atoms with E-state index in [1.807, 2.05) is 0 Å². The van der Waals surface area contributed by atoms with Gasteiger partial charge in [-0.25, -0.2) is 4.98 Å². The number of rotatable bonds is 5. The van der Waals surface area contributed by atoms with Crippen molar-refractivity contribution < 1.29 is 14.3 Å². The first-order valence-corrected chi connectivity index (χ1v) is 10.5. The Balaban J connectivity index is 1.50. The summed E-state index contributed by atoms with van der Waals surface area (Å²) < 4.78 is 16.1. The molecule has 2 aliphatic heterocycles. The van der Waals surface area contributed by atoms with Crippen molar-refractivity contribution in [2.45, 2.75) is 25.3 Å². The van der Waals surface area contributed by atoms with Crippen LogP contribution in [-0.2, 0) is 0 Å². The Labute approximate surface area is 170 Å². The van der Waals surface area contributed by atoms with E-state index >= 15 is 0 Å². The zero-order chi connectivity index (χ0) is 20.4. The van der Waals surface area contributed by atoms with Gasteiger partial charge in [-0.15, -0.1) is 0 Å². The Hall–Kier alpha value is -2.03. The number of carbonyl (C=O) groups is 1. The number of piperazine rings is 1. The molecule has 1 amide bonds. The van der Waals surface area contributed by atoms with Crippen LogP contribution in [0.25, 0.3) is 5.65 Å². The van der Waals surface area contributed by atoms with E-state index in [0.717, 1.165) is 45.4 Å². The Bertz CT molecular complexity index is 849. The van der Waals surface area contributed by atoms with E-state index in [1.54, 1.807) is 29.3 Å². The first-order valence-electron chi connectivity index (χ1n) is 10.5. The number of carbonyl (C=O) groups excluding carboxylic acids is 1. The number of imidazole rings is 1. The molecule has 158 valence electrons. The van der Waals surface area contributed by atoms with Crippen molar-refractivity contribution in [1.29, 1.82) is 0 Å². The zero-order valence-electron chi connectivity index (χ0n) is 17.0. The topological polar surface area (TPSA) is 64.3 Å². The van der Waals surface area contributed by atoms with Gasteiger partial charge in [0.2, 0.25) is 5.95 Å². The third-order valence-corrected chi connectivity index (χ3v) is 6.40. The van der Waals surface area contributed by atoms with Crippen LogP contribution < -0.4 is 0 Å². The standard InChI is InChI=1S/C21H30FN5O2/c1-24-10-12-25(13-11-24)17-7-9-26(15-16(17)5-4-14-28)21(29)19-20(22)27-8-3-2-6-18(27)23-19/h2-3,6,8,16-17,28H,4-5,7,9-15H2,1H3. The van der Waals surface area contributed by atoms with E-state index in [2.05, 4.69) is 21.8 Å². The number of likely N-dealkylation sites (N-methyl/N-ethyl adjacent to an activating group) is 1. The van der Waals surface area contributed by atoms with E-state index in [-0.39, 0.29) is 24.1 Å². The molecule has 0 bridgehead atoms. The number of aromatic nitrogens is 2. The maximum Gasteiger partial charge on any atom is 0.277 e. The van der Waals surface area contributed by atoms with Crippen molar-refractivity contribution in [2.75, 3.05) is 52.9 Å². The lowest BCUT2D eigenvalue weighted by molar-refractivity contribution is 0.0213. The lowest BCUT2D eigenvalue weighted by Gasteiger charge is -2.46. The molecule has 0 spiro atoms. The lowest BCUT2D eigenvalue weighted by atomic mass is 9.86. The maximum atomic E-state index is 14.7. The van der Waals surface area contributed by atoms with E-state index in [9.17, 15) is 14.3 Å². The van der Waals surface area contributed by atoms with Gasteiger partial charge in [-0.3, -0.25) is 14.1 Å². The Morgan fingerprint density at radius 2 is 2.03 bits per heavy atom. The molecule has 4 rings (SSSR count). The third kappa shape index (κ3) is 4.15. The van der Waals surface area contributed by atoms with Crippen molar-refractivity contribution in [3.63, 3.8) is 0 Å². The van der Waals surface area contributed by atoms with Crippen LogP contribution in [0.5, 0.6) is 0 Å². The van der Waals surface area contributed by atoms with Gasteiger partial charge in [-0.2, -0.15) is 4.39 Å². The molecule has 0 radical (unpaired) electrons. The molecule has 2 atom stereocenters. The molecule has 2 saturated heterocycles. The summed E-state index contributed by atoms with van der Waals surface area (Å²) in [7, 11) is 2.14. The van der Waals surface area contributed by atoms with Crippen molar-refractivity contribution in [3.05, 3.63) is 36.0 Å². The molecule has 2 aliphatic rings. The minimum Gasteiger partial charge on any atom is -0.396 e. The second-order valence-electron chi connectivity index (χ2n) is 8.25. The number of hydrogen-bond donors (Lipinski definition) is 1.